The highest BCUT2D eigenvalue weighted by Gasteiger charge is 2.32. The van der Waals surface area contributed by atoms with Crippen molar-refractivity contribution in [2.45, 2.75) is 25.8 Å². The van der Waals surface area contributed by atoms with Crippen LogP contribution in [0.1, 0.15) is 40.3 Å². The van der Waals surface area contributed by atoms with Gasteiger partial charge in [0.2, 0.25) is 0 Å². The van der Waals surface area contributed by atoms with Crippen LogP contribution in [0, 0.1) is 6.92 Å². The highest BCUT2D eigenvalue weighted by molar-refractivity contribution is 7.07. The molecule has 0 saturated heterocycles. The first-order valence-corrected chi connectivity index (χ1v) is 13.0. The third-order valence-electron chi connectivity index (χ3n) is 6.81. The van der Waals surface area contributed by atoms with Crippen molar-refractivity contribution < 1.29 is 4.74 Å². The molecule has 0 radical (unpaired) electrons. The van der Waals surface area contributed by atoms with E-state index in [1.54, 1.807) is 6.08 Å². The summed E-state index contributed by atoms with van der Waals surface area (Å²) in [4.78, 5) is 19.7. The van der Waals surface area contributed by atoms with Crippen molar-refractivity contribution >= 4 is 23.1 Å². The number of fused-ring (bicyclic) bond motifs is 3. The second-order valence-electron chi connectivity index (χ2n) is 9.19. The lowest BCUT2D eigenvalue weighted by molar-refractivity contribution is 0.363. The van der Waals surface area contributed by atoms with E-state index in [9.17, 15) is 4.79 Å². The maximum Gasteiger partial charge on any atom is 0.271 e. The van der Waals surface area contributed by atoms with Gasteiger partial charge in [-0.3, -0.25) is 9.36 Å². The minimum atomic E-state index is -0.151. The smallest absolute Gasteiger partial charge is 0.271 e. The summed E-state index contributed by atoms with van der Waals surface area (Å²) in [5, 5.41) is 0. The fraction of sp³-hybridized carbons (Fsp3) is 0.161. The summed E-state index contributed by atoms with van der Waals surface area (Å²) in [5.41, 5.74) is 8.03. The SMILES string of the molecule is C=CCOc1ccc(C=c2sc3n(c2=O)C(c2ccc(C)cc2)C2=C(N=3)c3ccccc3CC2)cc1. The topological polar surface area (TPSA) is 43.6 Å². The molecule has 1 aromatic heterocycles. The number of aromatic nitrogens is 1. The number of aryl methyl sites for hydroxylation is 2. The molecule has 1 aliphatic heterocycles. The van der Waals surface area contributed by atoms with Crippen molar-refractivity contribution in [3.8, 4) is 5.75 Å². The summed E-state index contributed by atoms with van der Waals surface area (Å²) in [6.45, 7) is 6.23. The van der Waals surface area contributed by atoms with E-state index in [0.29, 0.717) is 11.1 Å². The Morgan fingerprint density at radius 2 is 1.83 bits per heavy atom. The van der Waals surface area contributed by atoms with Crippen LogP contribution in [0.4, 0.5) is 0 Å². The lowest BCUT2D eigenvalue weighted by Crippen LogP contribution is -2.38. The molecule has 178 valence electrons. The third kappa shape index (κ3) is 3.95. The number of thiazole rings is 1. The Hall–Kier alpha value is -3.96. The fourth-order valence-electron chi connectivity index (χ4n) is 5.04. The highest BCUT2D eigenvalue weighted by atomic mass is 32.1. The minimum absolute atomic E-state index is 0.00159. The van der Waals surface area contributed by atoms with Crippen LogP contribution in [0.5, 0.6) is 5.75 Å². The first kappa shape index (κ1) is 22.5. The second kappa shape index (κ2) is 9.25. The molecule has 3 aromatic carbocycles. The quantitative estimate of drug-likeness (QED) is 0.361. The van der Waals surface area contributed by atoms with E-state index >= 15 is 0 Å². The summed E-state index contributed by atoms with van der Waals surface area (Å²) in [7, 11) is 0. The third-order valence-corrected chi connectivity index (χ3v) is 7.79. The van der Waals surface area contributed by atoms with Gasteiger partial charge in [0.25, 0.3) is 5.56 Å². The number of hydrogen-bond donors (Lipinski definition) is 0. The predicted octanol–water partition coefficient (Wildman–Crippen LogP) is 5.19. The number of benzene rings is 3. The monoisotopic (exact) mass is 490 g/mol. The Morgan fingerprint density at radius 3 is 2.61 bits per heavy atom. The van der Waals surface area contributed by atoms with Crippen LogP contribution in [-0.4, -0.2) is 11.2 Å². The Bertz CT molecular complexity index is 1670. The molecule has 6 rings (SSSR count). The molecule has 0 fully saturated rings. The molecule has 1 unspecified atom stereocenters. The van der Waals surface area contributed by atoms with E-state index in [-0.39, 0.29) is 11.6 Å². The summed E-state index contributed by atoms with van der Waals surface area (Å²) < 4.78 is 8.17. The summed E-state index contributed by atoms with van der Waals surface area (Å²) >= 11 is 1.46. The molecule has 4 nitrogen and oxygen atoms in total. The average molecular weight is 491 g/mol. The molecule has 0 saturated carbocycles. The molecule has 2 heterocycles. The normalized spacial score (nSPS) is 16.6. The highest BCUT2D eigenvalue weighted by Crippen LogP contribution is 2.41. The van der Waals surface area contributed by atoms with Gasteiger partial charge in [0, 0.05) is 5.56 Å². The van der Waals surface area contributed by atoms with E-state index in [2.05, 4.69) is 62.0 Å². The fourth-order valence-corrected chi connectivity index (χ4v) is 6.04. The molecule has 1 aliphatic carbocycles. The Labute approximate surface area is 213 Å². The molecule has 36 heavy (non-hydrogen) atoms. The van der Waals surface area contributed by atoms with Crippen LogP contribution in [-0.2, 0) is 6.42 Å². The summed E-state index contributed by atoms with van der Waals surface area (Å²) in [5.74, 6) is 0.777. The van der Waals surface area contributed by atoms with Gasteiger partial charge < -0.3 is 4.74 Å². The van der Waals surface area contributed by atoms with Gasteiger partial charge >= 0.3 is 0 Å². The molecular formula is C31H26N2O2S. The van der Waals surface area contributed by atoms with Crippen LogP contribution in [0.25, 0.3) is 11.8 Å². The Morgan fingerprint density at radius 1 is 1.06 bits per heavy atom. The van der Waals surface area contributed by atoms with Crippen molar-refractivity contribution in [1.29, 1.82) is 0 Å². The molecule has 4 aromatic rings. The van der Waals surface area contributed by atoms with Crippen molar-refractivity contribution in [3.63, 3.8) is 0 Å². The molecule has 0 amide bonds. The average Bonchev–Trinajstić information content (AvgIpc) is 3.22. The van der Waals surface area contributed by atoms with E-state index in [4.69, 9.17) is 9.73 Å². The van der Waals surface area contributed by atoms with Gasteiger partial charge in [-0.2, -0.15) is 0 Å². The van der Waals surface area contributed by atoms with Crippen molar-refractivity contribution in [2.24, 2.45) is 4.99 Å². The minimum Gasteiger partial charge on any atom is -0.490 e. The largest absolute Gasteiger partial charge is 0.490 e. The van der Waals surface area contributed by atoms with Crippen LogP contribution in [0.15, 0.2) is 101 Å². The van der Waals surface area contributed by atoms with Gasteiger partial charge in [-0.25, -0.2) is 4.99 Å². The van der Waals surface area contributed by atoms with Crippen molar-refractivity contribution in [2.75, 3.05) is 6.61 Å². The zero-order valence-corrected chi connectivity index (χ0v) is 20.9. The molecule has 5 heteroatoms. The maximum absolute atomic E-state index is 13.8. The molecule has 0 spiro atoms. The lowest BCUT2D eigenvalue weighted by Gasteiger charge is -2.30. The van der Waals surface area contributed by atoms with Crippen molar-refractivity contribution in [3.05, 3.63) is 139 Å². The second-order valence-corrected chi connectivity index (χ2v) is 10.2. The first-order valence-electron chi connectivity index (χ1n) is 12.2. The van der Waals surface area contributed by atoms with E-state index < -0.39 is 0 Å². The van der Waals surface area contributed by atoms with Crippen LogP contribution < -0.4 is 19.6 Å². The molecular weight excluding hydrogens is 464 g/mol. The van der Waals surface area contributed by atoms with Crippen LogP contribution in [0.3, 0.4) is 0 Å². The molecule has 1 atom stereocenters. The van der Waals surface area contributed by atoms with Gasteiger partial charge in [0.1, 0.15) is 12.4 Å². The number of rotatable bonds is 5. The Kier molecular flexibility index (Phi) is 5.78. The predicted molar refractivity (Wildman–Crippen MR) is 146 cm³/mol. The van der Waals surface area contributed by atoms with E-state index in [1.165, 1.54) is 33.6 Å². The van der Waals surface area contributed by atoms with Gasteiger partial charge in [0.15, 0.2) is 4.80 Å². The zero-order chi connectivity index (χ0) is 24.6. The Balaban J connectivity index is 1.52. The molecule has 2 aliphatic rings. The number of hydrogen-bond acceptors (Lipinski definition) is 4. The van der Waals surface area contributed by atoms with Gasteiger partial charge in [0.05, 0.1) is 16.3 Å². The summed E-state index contributed by atoms with van der Waals surface area (Å²) in [6.07, 6.45) is 5.52. The number of allylic oxidation sites excluding steroid dienone is 1. The van der Waals surface area contributed by atoms with Crippen LogP contribution >= 0.6 is 11.3 Å². The van der Waals surface area contributed by atoms with Crippen LogP contribution in [0.2, 0.25) is 0 Å². The van der Waals surface area contributed by atoms with Gasteiger partial charge in [-0.15, -0.1) is 0 Å². The van der Waals surface area contributed by atoms with Crippen molar-refractivity contribution in [1.82, 2.24) is 4.57 Å². The van der Waals surface area contributed by atoms with Gasteiger partial charge in [-0.1, -0.05) is 90.2 Å². The first-order chi connectivity index (χ1) is 17.6. The van der Waals surface area contributed by atoms with Gasteiger partial charge in [-0.05, 0) is 60.2 Å². The molecule has 0 N–H and O–H groups in total. The van der Waals surface area contributed by atoms with E-state index in [0.717, 1.165) is 40.2 Å². The number of nitrogens with zero attached hydrogens (tertiary/aromatic N) is 2. The standard InChI is InChI=1S/C31H26N2O2S/c1-3-18-35-24-15-10-21(11-16-24)19-27-30(34)33-29(23-12-8-20(2)9-13-23)26-17-14-22-6-4-5-7-25(22)28(26)32-31(33)36-27/h3-13,15-16,19,29H,1,14,17-18H2,2H3. The maximum atomic E-state index is 13.8. The summed E-state index contributed by atoms with van der Waals surface area (Å²) in [6, 6.07) is 24.7. The molecule has 0 bridgehead atoms. The van der Waals surface area contributed by atoms with E-state index in [1.807, 2.05) is 34.9 Å². The number of ether oxygens (including phenoxy) is 1. The zero-order valence-electron chi connectivity index (χ0n) is 20.1. The lowest BCUT2D eigenvalue weighted by atomic mass is 9.83.